The Morgan fingerprint density at radius 1 is 1.14 bits per heavy atom. The predicted molar refractivity (Wildman–Crippen MR) is 111 cm³/mol. The molecule has 0 radical (unpaired) electrons. The van der Waals surface area contributed by atoms with Crippen molar-refractivity contribution in [3.8, 4) is 0 Å². The van der Waals surface area contributed by atoms with E-state index in [1.165, 1.54) is 0 Å². The lowest BCUT2D eigenvalue weighted by atomic mass is 10.1. The number of benzene rings is 1. The van der Waals surface area contributed by atoms with E-state index in [2.05, 4.69) is 32.4 Å². The molecule has 1 aromatic heterocycles. The first-order chi connectivity index (χ1) is 13.7. The Hall–Kier alpha value is -3.35. The first-order valence-electron chi connectivity index (χ1n) is 9.38. The van der Waals surface area contributed by atoms with Crippen LogP contribution in [0.25, 0.3) is 0 Å². The molecule has 1 saturated heterocycles. The maximum atomic E-state index is 12.3. The minimum Gasteiger partial charge on any atom is -0.356 e. The SMILES string of the molecule is C=CCNC(=O)c1ccc(NC(=O)NC2CCN(c3ccccn3)CC2)cc1. The minimum atomic E-state index is -0.236. The summed E-state index contributed by atoms with van der Waals surface area (Å²) >= 11 is 0. The van der Waals surface area contributed by atoms with Crippen LogP contribution in [-0.2, 0) is 0 Å². The molecule has 1 fully saturated rings. The van der Waals surface area contributed by atoms with Crippen LogP contribution < -0.4 is 20.9 Å². The highest BCUT2D eigenvalue weighted by Crippen LogP contribution is 2.17. The Labute approximate surface area is 164 Å². The van der Waals surface area contributed by atoms with Crippen LogP contribution >= 0.6 is 0 Å². The summed E-state index contributed by atoms with van der Waals surface area (Å²) in [6.07, 6.45) is 5.15. The Balaban J connectivity index is 1.44. The number of rotatable bonds is 6. The van der Waals surface area contributed by atoms with E-state index in [9.17, 15) is 9.59 Å². The molecule has 2 aromatic rings. The number of nitrogens with zero attached hydrogens (tertiary/aromatic N) is 2. The topological polar surface area (TPSA) is 86.4 Å². The van der Waals surface area contributed by atoms with Gasteiger partial charge in [-0.3, -0.25) is 4.79 Å². The summed E-state index contributed by atoms with van der Waals surface area (Å²) in [6.45, 7) is 5.70. The molecule has 7 nitrogen and oxygen atoms in total. The van der Waals surface area contributed by atoms with Crippen LogP contribution in [0.1, 0.15) is 23.2 Å². The Bertz CT molecular complexity index is 799. The highest BCUT2D eigenvalue weighted by molar-refractivity contribution is 5.95. The van der Waals surface area contributed by atoms with Crippen molar-refractivity contribution >= 4 is 23.4 Å². The summed E-state index contributed by atoms with van der Waals surface area (Å²) in [5.41, 5.74) is 1.18. The zero-order valence-corrected chi connectivity index (χ0v) is 15.7. The van der Waals surface area contributed by atoms with Crippen molar-refractivity contribution in [1.82, 2.24) is 15.6 Å². The van der Waals surface area contributed by atoms with Crippen molar-refractivity contribution in [2.24, 2.45) is 0 Å². The van der Waals surface area contributed by atoms with E-state index in [4.69, 9.17) is 0 Å². The molecule has 7 heteroatoms. The molecule has 1 aromatic carbocycles. The Kier molecular flexibility index (Phi) is 6.62. The second kappa shape index (κ2) is 9.55. The molecule has 2 heterocycles. The van der Waals surface area contributed by atoms with Gasteiger partial charge in [0.1, 0.15) is 5.82 Å². The van der Waals surface area contributed by atoms with Crippen molar-refractivity contribution in [2.75, 3.05) is 29.9 Å². The second-order valence-electron chi connectivity index (χ2n) is 6.62. The summed E-state index contributed by atoms with van der Waals surface area (Å²) in [5, 5.41) is 8.55. The molecule has 0 bridgehead atoms. The smallest absolute Gasteiger partial charge is 0.319 e. The normalized spacial score (nSPS) is 14.2. The molecule has 0 aliphatic carbocycles. The molecule has 28 heavy (non-hydrogen) atoms. The molecule has 0 atom stereocenters. The van der Waals surface area contributed by atoms with E-state index in [0.717, 1.165) is 31.7 Å². The van der Waals surface area contributed by atoms with Gasteiger partial charge < -0.3 is 20.9 Å². The van der Waals surface area contributed by atoms with Gasteiger partial charge in [-0.15, -0.1) is 6.58 Å². The van der Waals surface area contributed by atoms with Gasteiger partial charge in [0.2, 0.25) is 0 Å². The molecule has 1 aliphatic rings. The lowest BCUT2D eigenvalue weighted by Crippen LogP contribution is -2.46. The summed E-state index contributed by atoms with van der Waals surface area (Å²) < 4.78 is 0. The maximum Gasteiger partial charge on any atom is 0.319 e. The van der Waals surface area contributed by atoms with Crippen LogP contribution in [0.15, 0.2) is 61.3 Å². The standard InChI is InChI=1S/C21H25N5O2/c1-2-12-23-20(27)16-6-8-17(9-7-16)24-21(28)25-18-10-14-26(15-11-18)19-5-3-4-13-22-19/h2-9,13,18H,1,10-12,14-15H2,(H,23,27)(H2,24,25,28). The highest BCUT2D eigenvalue weighted by atomic mass is 16.2. The third kappa shape index (κ3) is 5.33. The van der Waals surface area contributed by atoms with Gasteiger partial charge in [-0.1, -0.05) is 12.1 Å². The average Bonchev–Trinajstić information content (AvgIpc) is 2.73. The van der Waals surface area contributed by atoms with Gasteiger partial charge >= 0.3 is 6.03 Å². The first kappa shape index (κ1) is 19.4. The number of urea groups is 1. The Morgan fingerprint density at radius 2 is 1.89 bits per heavy atom. The van der Waals surface area contributed by atoms with Crippen molar-refractivity contribution in [3.05, 3.63) is 66.9 Å². The number of amides is 3. The summed E-state index contributed by atoms with van der Waals surface area (Å²) in [6, 6.07) is 12.6. The van der Waals surface area contributed by atoms with Crippen molar-refractivity contribution < 1.29 is 9.59 Å². The monoisotopic (exact) mass is 379 g/mol. The lowest BCUT2D eigenvalue weighted by molar-refractivity contribution is 0.0958. The number of pyridine rings is 1. The molecule has 3 amide bonds. The van der Waals surface area contributed by atoms with Gasteiger partial charge in [0, 0.05) is 43.1 Å². The van der Waals surface area contributed by atoms with E-state index < -0.39 is 0 Å². The second-order valence-corrected chi connectivity index (χ2v) is 6.62. The van der Waals surface area contributed by atoms with Crippen molar-refractivity contribution in [2.45, 2.75) is 18.9 Å². The largest absolute Gasteiger partial charge is 0.356 e. The molecular weight excluding hydrogens is 354 g/mol. The van der Waals surface area contributed by atoms with Crippen LogP contribution in [0.3, 0.4) is 0 Å². The number of carbonyl (C=O) groups excluding carboxylic acids is 2. The molecule has 3 rings (SSSR count). The van der Waals surface area contributed by atoms with E-state index in [0.29, 0.717) is 17.8 Å². The van der Waals surface area contributed by atoms with Crippen LogP contribution in [0.4, 0.5) is 16.3 Å². The molecule has 1 aliphatic heterocycles. The fraction of sp³-hybridized carbons (Fsp3) is 0.286. The van der Waals surface area contributed by atoms with E-state index in [1.807, 2.05) is 18.2 Å². The average molecular weight is 379 g/mol. The Morgan fingerprint density at radius 3 is 2.54 bits per heavy atom. The summed E-state index contributed by atoms with van der Waals surface area (Å²) in [4.78, 5) is 30.7. The quantitative estimate of drug-likeness (QED) is 0.674. The van der Waals surface area contributed by atoms with Crippen molar-refractivity contribution in [1.29, 1.82) is 0 Å². The number of nitrogens with one attached hydrogen (secondary N) is 3. The molecule has 3 N–H and O–H groups in total. The minimum absolute atomic E-state index is 0.129. The van der Waals surface area contributed by atoms with Gasteiger partial charge in [0.15, 0.2) is 0 Å². The van der Waals surface area contributed by atoms with Gasteiger partial charge in [0.25, 0.3) is 5.91 Å². The van der Waals surface area contributed by atoms with Crippen LogP contribution in [-0.4, -0.2) is 42.6 Å². The molecular formula is C21H25N5O2. The molecule has 0 spiro atoms. The molecule has 0 unspecified atom stereocenters. The predicted octanol–water partition coefficient (Wildman–Crippen LogP) is 2.79. The van der Waals surface area contributed by atoms with Gasteiger partial charge in [-0.25, -0.2) is 9.78 Å². The first-order valence-corrected chi connectivity index (χ1v) is 9.38. The third-order valence-corrected chi connectivity index (χ3v) is 4.62. The molecule has 146 valence electrons. The van der Waals surface area contributed by atoms with Crippen LogP contribution in [0, 0.1) is 0 Å². The number of carbonyl (C=O) groups is 2. The lowest BCUT2D eigenvalue weighted by Gasteiger charge is -2.33. The van der Waals surface area contributed by atoms with Gasteiger partial charge in [-0.2, -0.15) is 0 Å². The van der Waals surface area contributed by atoms with Crippen molar-refractivity contribution in [3.63, 3.8) is 0 Å². The van der Waals surface area contributed by atoms with E-state index in [-0.39, 0.29) is 18.0 Å². The van der Waals surface area contributed by atoms with Crippen LogP contribution in [0.2, 0.25) is 0 Å². The van der Waals surface area contributed by atoms with Gasteiger partial charge in [0.05, 0.1) is 0 Å². The molecule has 0 saturated carbocycles. The van der Waals surface area contributed by atoms with E-state index in [1.54, 1.807) is 36.5 Å². The number of anilines is 2. The zero-order valence-electron chi connectivity index (χ0n) is 15.7. The number of hydrogen-bond donors (Lipinski definition) is 3. The summed E-state index contributed by atoms with van der Waals surface area (Å²) in [7, 11) is 0. The van der Waals surface area contributed by atoms with Gasteiger partial charge in [-0.05, 0) is 49.2 Å². The zero-order chi connectivity index (χ0) is 19.8. The number of hydrogen-bond acceptors (Lipinski definition) is 4. The van der Waals surface area contributed by atoms with E-state index >= 15 is 0 Å². The van der Waals surface area contributed by atoms with Crippen LogP contribution in [0.5, 0.6) is 0 Å². The summed E-state index contributed by atoms with van der Waals surface area (Å²) in [5.74, 6) is 0.804. The fourth-order valence-corrected chi connectivity index (χ4v) is 3.12. The number of aromatic nitrogens is 1. The maximum absolute atomic E-state index is 12.3. The highest BCUT2D eigenvalue weighted by Gasteiger charge is 2.21. The number of piperidine rings is 1. The third-order valence-electron chi connectivity index (χ3n) is 4.62. The fourth-order valence-electron chi connectivity index (χ4n) is 3.12.